The number of piperidine rings is 1. The van der Waals surface area contributed by atoms with E-state index in [9.17, 15) is 4.79 Å². The number of anilines is 1. The van der Waals surface area contributed by atoms with Crippen LogP contribution in [-0.4, -0.2) is 46.6 Å². The third-order valence-electron chi connectivity index (χ3n) is 3.47. The van der Waals surface area contributed by atoms with Gasteiger partial charge < -0.3 is 15.3 Å². The van der Waals surface area contributed by atoms with E-state index in [1.807, 2.05) is 0 Å². The van der Waals surface area contributed by atoms with Crippen LogP contribution in [0.15, 0.2) is 12.3 Å². The Labute approximate surface area is 123 Å². The summed E-state index contributed by atoms with van der Waals surface area (Å²) < 4.78 is 0. The van der Waals surface area contributed by atoms with Crippen molar-refractivity contribution >= 4 is 23.4 Å². The Kier molecular flexibility index (Phi) is 5.20. The van der Waals surface area contributed by atoms with Crippen molar-refractivity contribution in [2.75, 3.05) is 25.0 Å². The normalized spacial score (nSPS) is 19.8. The van der Waals surface area contributed by atoms with Gasteiger partial charge in [-0.1, -0.05) is 18.5 Å². The molecule has 110 valence electrons. The number of nitrogens with one attached hydrogen (secondary N) is 1. The molecule has 0 bridgehead atoms. The summed E-state index contributed by atoms with van der Waals surface area (Å²) in [4.78, 5) is 17.4. The van der Waals surface area contributed by atoms with Crippen LogP contribution < -0.4 is 5.32 Å². The monoisotopic (exact) mass is 297 g/mol. The highest BCUT2D eigenvalue weighted by Crippen LogP contribution is 2.23. The number of halogens is 1. The van der Waals surface area contributed by atoms with Crippen LogP contribution in [-0.2, 0) is 0 Å². The lowest BCUT2D eigenvalue weighted by Crippen LogP contribution is -2.42. The molecule has 0 aromatic carbocycles. The van der Waals surface area contributed by atoms with Crippen LogP contribution in [0.5, 0.6) is 0 Å². The molecule has 2 rings (SSSR count). The number of carboxylic acids is 1. The minimum Gasteiger partial charge on any atom is -0.478 e. The minimum absolute atomic E-state index is 0.108. The van der Waals surface area contributed by atoms with Gasteiger partial charge in [0.25, 0.3) is 0 Å². The van der Waals surface area contributed by atoms with Gasteiger partial charge in [0.2, 0.25) is 0 Å². The van der Waals surface area contributed by atoms with Crippen molar-refractivity contribution in [1.82, 2.24) is 9.88 Å². The van der Waals surface area contributed by atoms with Crippen LogP contribution in [0.2, 0.25) is 5.02 Å². The second kappa shape index (κ2) is 6.90. The number of rotatable bonds is 5. The van der Waals surface area contributed by atoms with Gasteiger partial charge in [0, 0.05) is 18.8 Å². The predicted octanol–water partition coefficient (Wildman–Crippen LogP) is 2.72. The average Bonchev–Trinajstić information content (AvgIpc) is 2.42. The zero-order valence-electron chi connectivity index (χ0n) is 11.6. The van der Waals surface area contributed by atoms with Gasteiger partial charge in [-0.25, -0.2) is 9.78 Å². The number of nitrogens with zero attached hydrogens (tertiary/aromatic N) is 2. The number of hydrogen-bond acceptors (Lipinski definition) is 4. The second-order valence-electron chi connectivity index (χ2n) is 5.14. The number of likely N-dealkylation sites (tertiary alicyclic amines) is 1. The molecule has 1 unspecified atom stereocenters. The molecule has 1 aromatic rings. The molecule has 1 fully saturated rings. The lowest BCUT2D eigenvalue weighted by Gasteiger charge is -2.33. The molecule has 2 N–H and O–H groups in total. The number of carbonyl (C=O) groups is 1. The van der Waals surface area contributed by atoms with Crippen molar-refractivity contribution in [2.24, 2.45) is 0 Å². The summed E-state index contributed by atoms with van der Waals surface area (Å²) in [7, 11) is 0. The van der Waals surface area contributed by atoms with Gasteiger partial charge in [-0.15, -0.1) is 0 Å². The molecule has 1 aliphatic heterocycles. The van der Waals surface area contributed by atoms with Crippen molar-refractivity contribution in [1.29, 1.82) is 0 Å². The first-order valence-corrected chi connectivity index (χ1v) is 7.35. The SMILES string of the molecule is CCCN1CCCC(Nc2ncc(C(=O)O)cc2Cl)C1. The second-order valence-corrected chi connectivity index (χ2v) is 5.55. The third kappa shape index (κ3) is 3.84. The maximum absolute atomic E-state index is 10.8. The molecule has 1 aliphatic rings. The molecular weight excluding hydrogens is 278 g/mol. The number of carboxylic acid groups (broad SMARTS) is 1. The van der Waals surface area contributed by atoms with Gasteiger partial charge in [-0.05, 0) is 38.4 Å². The van der Waals surface area contributed by atoms with E-state index >= 15 is 0 Å². The molecule has 0 saturated carbocycles. The zero-order valence-corrected chi connectivity index (χ0v) is 12.4. The first-order chi connectivity index (χ1) is 9.60. The van der Waals surface area contributed by atoms with E-state index in [0.29, 0.717) is 16.9 Å². The highest BCUT2D eigenvalue weighted by atomic mass is 35.5. The van der Waals surface area contributed by atoms with Crippen molar-refractivity contribution in [3.63, 3.8) is 0 Å². The molecule has 6 heteroatoms. The van der Waals surface area contributed by atoms with Crippen LogP contribution in [0.3, 0.4) is 0 Å². The van der Waals surface area contributed by atoms with E-state index in [-0.39, 0.29) is 5.56 Å². The van der Waals surface area contributed by atoms with E-state index in [1.165, 1.54) is 12.3 Å². The Hall–Kier alpha value is -1.33. The predicted molar refractivity (Wildman–Crippen MR) is 79.6 cm³/mol. The van der Waals surface area contributed by atoms with E-state index < -0.39 is 5.97 Å². The molecule has 20 heavy (non-hydrogen) atoms. The summed E-state index contributed by atoms with van der Waals surface area (Å²) in [5.41, 5.74) is 0.108. The van der Waals surface area contributed by atoms with Gasteiger partial charge in [0.15, 0.2) is 0 Å². The van der Waals surface area contributed by atoms with Crippen molar-refractivity contribution < 1.29 is 9.90 Å². The Morgan fingerprint density at radius 2 is 2.45 bits per heavy atom. The molecule has 1 aromatic heterocycles. The van der Waals surface area contributed by atoms with E-state index in [1.54, 1.807) is 0 Å². The minimum atomic E-state index is -1.02. The van der Waals surface area contributed by atoms with Gasteiger partial charge in [0.05, 0.1) is 10.6 Å². The largest absolute Gasteiger partial charge is 0.478 e. The number of pyridine rings is 1. The molecule has 5 nitrogen and oxygen atoms in total. The van der Waals surface area contributed by atoms with Crippen molar-refractivity contribution in [2.45, 2.75) is 32.2 Å². The highest BCUT2D eigenvalue weighted by Gasteiger charge is 2.20. The molecule has 1 saturated heterocycles. The number of hydrogen-bond donors (Lipinski definition) is 2. The summed E-state index contributed by atoms with van der Waals surface area (Å²) in [5.74, 6) is -0.447. The Morgan fingerprint density at radius 3 is 3.10 bits per heavy atom. The summed E-state index contributed by atoms with van der Waals surface area (Å²) in [6, 6.07) is 1.75. The fraction of sp³-hybridized carbons (Fsp3) is 0.571. The van der Waals surface area contributed by atoms with Crippen LogP contribution in [0.4, 0.5) is 5.82 Å². The molecule has 0 spiro atoms. The summed E-state index contributed by atoms with van der Waals surface area (Å²) in [6.07, 6.45) is 4.73. The Morgan fingerprint density at radius 1 is 1.65 bits per heavy atom. The summed E-state index contributed by atoms with van der Waals surface area (Å²) in [6.45, 7) is 5.41. The van der Waals surface area contributed by atoms with Gasteiger partial charge in [-0.2, -0.15) is 0 Å². The first kappa shape index (κ1) is 15.1. The standard InChI is InChI=1S/C14H20ClN3O2/c1-2-5-18-6-3-4-11(9-18)17-13-12(15)7-10(8-16-13)14(19)20/h7-8,11H,2-6,9H2,1H3,(H,16,17)(H,19,20). The summed E-state index contributed by atoms with van der Waals surface area (Å²) in [5, 5.41) is 12.6. The van der Waals surface area contributed by atoms with Gasteiger partial charge in [-0.3, -0.25) is 0 Å². The zero-order chi connectivity index (χ0) is 14.5. The molecular formula is C14H20ClN3O2. The van der Waals surface area contributed by atoms with Crippen LogP contribution in [0.1, 0.15) is 36.5 Å². The fourth-order valence-electron chi connectivity index (χ4n) is 2.55. The van der Waals surface area contributed by atoms with Crippen LogP contribution in [0.25, 0.3) is 0 Å². The number of aromatic nitrogens is 1. The lowest BCUT2D eigenvalue weighted by molar-refractivity contribution is 0.0696. The van der Waals surface area contributed by atoms with E-state index in [2.05, 4.69) is 22.1 Å². The number of aromatic carboxylic acids is 1. The Balaban J connectivity index is 2.00. The molecule has 0 aliphatic carbocycles. The summed E-state index contributed by atoms with van der Waals surface area (Å²) >= 11 is 6.09. The van der Waals surface area contributed by atoms with Crippen molar-refractivity contribution in [3.05, 3.63) is 22.8 Å². The molecule has 0 amide bonds. The third-order valence-corrected chi connectivity index (χ3v) is 3.76. The molecule has 1 atom stereocenters. The van der Waals surface area contributed by atoms with Crippen LogP contribution in [0, 0.1) is 0 Å². The highest BCUT2D eigenvalue weighted by molar-refractivity contribution is 6.33. The quantitative estimate of drug-likeness (QED) is 0.875. The topological polar surface area (TPSA) is 65.5 Å². The van der Waals surface area contributed by atoms with Crippen molar-refractivity contribution in [3.8, 4) is 0 Å². The van der Waals surface area contributed by atoms with E-state index in [4.69, 9.17) is 16.7 Å². The van der Waals surface area contributed by atoms with Gasteiger partial charge in [0.1, 0.15) is 5.82 Å². The van der Waals surface area contributed by atoms with Crippen LogP contribution >= 0.6 is 11.6 Å². The lowest BCUT2D eigenvalue weighted by atomic mass is 10.1. The Bertz CT molecular complexity index is 479. The molecule has 2 heterocycles. The maximum Gasteiger partial charge on any atom is 0.337 e. The smallest absolute Gasteiger partial charge is 0.337 e. The fourth-order valence-corrected chi connectivity index (χ4v) is 2.77. The average molecular weight is 298 g/mol. The van der Waals surface area contributed by atoms with Gasteiger partial charge >= 0.3 is 5.97 Å². The maximum atomic E-state index is 10.8. The van der Waals surface area contributed by atoms with E-state index in [0.717, 1.165) is 38.9 Å². The molecule has 0 radical (unpaired) electrons. The first-order valence-electron chi connectivity index (χ1n) is 6.98.